The molecule has 0 bridgehead atoms. The summed E-state index contributed by atoms with van der Waals surface area (Å²) in [5, 5.41) is 0.470. The Balaban J connectivity index is 2.36. The van der Waals surface area contributed by atoms with Gasteiger partial charge in [-0.3, -0.25) is 4.79 Å². The summed E-state index contributed by atoms with van der Waals surface area (Å²) in [6.07, 6.45) is 0. The van der Waals surface area contributed by atoms with Crippen molar-refractivity contribution >= 4 is 28.9 Å². The van der Waals surface area contributed by atoms with E-state index in [1.165, 1.54) is 0 Å². The number of ether oxygens (including phenoxy) is 1. The van der Waals surface area contributed by atoms with Gasteiger partial charge in [0.1, 0.15) is 6.04 Å². The lowest BCUT2D eigenvalue weighted by atomic mass is 10.1. The number of hydrogen-bond acceptors (Lipinski definition) is 4. The Morgan fingerprint density at radius 1 is 1.53 bits per heavy atom. The first-order valence-corrected chi connectivity index (χ1v) is 5.66. The number of halogens is 1. The standard InChI is InChI=1S/C11H14ClN3O2/c12-7-2-1-3-8(10(7)13)15-4-5-17-6-9(15)11(14)16/h1-3,9H,4-6,13H2,(H2,14,16). The number of carbonyl (C=O) groups is 1. The Morgan fingerprint density at radius 3 is 3.00 bits per heavy atom. The van der Waals surface area contributed by atoms with E-state index in [2.05, 4.69) is 0 Å². The Kier molecular flexibility index (Phi) is 3.40. The highest BCUT2D eigenvalue weighted by Gasteiger charge is 2.29. The van der Waals surface area contributed by atoms with Gasteiger partial charge >= 0.3 is 0 Å². The SMILES string of the molecule is NC(=O)C1COCCN1c1cccc(Cl)c1N. The predicted octanol–water partition coefficient (Wildman–Crippen LogP) is 0.613. The minimum atomic E-state index is -0.496. The van der Waals surface area contributed by atoms with E-state index >= 15 is 0 Å². The summed E-state index contributed by atoms with van der Waals surface area (Å²) in [5.41, 5.74) is 12.4. The average Bonchev–Trinajstić information content (AvgIpc) is 2.33. The second-order valence-electron chi connectivity index (χ2n) is 3.86. The van der Waals surface area contributed by atoms with Crippen LogP contribution in [0.5, 0.6) is 0 Å². The highest BCUT2D eigenvalue weighted by atomic mass is 35.5. The maximum Gasteiger partial charge on any atom is 0.242 e. The molecule has 1 saturated heterocycles. The van der Waals surface area contributed by atoms with Gasteiger partial charge in [0.25, 0.3) is 0 Å². The van der Waals surface area contributed by atoms with Crippen molar-refractivity contribution in [1.29, 1.82) is 0 Å². The summed E-state index contributed by atoms with van der Waals surface area (Å²) in [7, 11) is 0. The number of rotatable bonds is 2. The van der Waals surface area contributed by atoms with E-state index < -0.39 is 11.9 Å². The molecule has 1 aliphatic heterocycles. The van der Waals surface area contributed by atoms with Crippen LogP contribution in [0.3, 0.4) is 0 Å². The third kappa shape index (κ3) is 2.30. The first-order valence-electron chi connectivity index (χ1n) is 5.29. The quantitative estimate of drug-likeness (QED) is 0.759. The van der Waals surface area contributed by atoms with E-state index in [-0.39, 0.29) is 6.61 Å². The summed E-state index contributed by atoms with van der Waals surface area (Å²) in [6.45, 7) is 1.38. The number of hydrogen-bond donors (Lipinski definition) is 2. The summed E-state index contributed by atoms with van der Waals surface area (Å²) >= 11 is 5.96. The number of para-hydroxylation sites is 1. The molecule has 0 radical (unpaired) electrons. The smallest absolute Gasteiger partial charge is 0.242 e. The van der Waals surface area contributed by atoms with Crippen LogP contribution in [0.4, 0.5) is 11.4 Å². The van der Waals surface area contributed by atoms with Gasteiger partial charge in [-0.2, -0.15) is 0 Å². The van der Waals surface area contributed by atoms with Crippen molar-refractivity contribution in [3.63, 3.8) is 0 Å². The topological polar surface area (TPSA) is 81.6 Å². The summed E-state index contributed by atoms with van der Waals surface area (Å²) < 4.78 is 5.25. The third-order valence-electron chi connectivity index (χ3n) is 2.80. The predicted molar refractivity (Wildman–Crippen MR) is 67.0 cm³/mol. The van der Waals surface area contributed by atoms with Crippen LogP contribution in [-0.4, -0.2) is 31.7 Å². The minimum Gasteiger partial charge on any atom is -0.396 e. The molecule has 17 heavy (non-hydrogen) atoms. The average molecular weight is 256 g/mol. The first-order chi connectivity index (χ1) is 8.11. The van der Waals surface area contributed by atoms with Crippen molar-refractivity contribution in [3.8, 4) is 0 Å². The van der Waals surface area contributed by atoms with Crippen LogP contribution in [0.2, 0.25) is 5.02 Å². The third-order valence-corrected chi connectivity index (χ3v) is 3.13. The minimum absolute atomic E-state index is 0.279. The Labute approximate surface area is 104 Å². The fraction of sp³-hybridized carbons (Fsp3) is 0.364. The van der Waals surface area contributed by atoms with Crippen LogP contribution in [0.25, 0.3) is 0 Å². The van der Waals surface area contributed by atoms with Gasteiger partial charge in [-0.25, -0.2) is 0 Å². The molecule has 1 fully saturated rings. The number of benzene rings is 1. The van der Waals surface area contributed by atoms with Gasteiger partial charge in [-0.1, -0.05) is 17.7 Å². The second kappa shape index (κ2) is 4.81. The van der Waals surface area contributed by atoms with Crippen molar-refractivity contribution in [1.82, 2.24) is 0 Å². The molecule has 1 amide bonds. The van der Waals surface area contributed by atoms with Gasteiger partial charge in [0.15, 0.2) is 0 Å². The number of nitrogens with two attached hydrogens (primary N) is 2. The molecule has 92 valence electrons. The van der Waals surface area contributed by atoms with E-state index in [1.54, 1.807) is 12.1 Å². The van der Waals surface area contributed by atoms with Crippen LogP contribution in [0, 0.1) is 0 Å². The molecule has 6 heteroatoms. The first kappa shape index (κ1) is 12.0. The maximum absolute atomic E-state index is 11.4. The van der Waals surface area contributed by atoms with E-state index in [4.69, 9.17) is 27.8 Å². The molecule has 1 aromatic carbocycles. The number of primary amides is 1. The van der Waals surface area contributed by atoms with Crippen LogP contribution < -0.4 is 16.4 Å². The molecule has 0 spiro atoms. The summed E-state index contributed by atoms with van der Waals surface area (Å²) in [5.74, 6) is -0.427. The highest BCUT2D eigenvalue weighted by Crippen LogP contribution is 2.31. The number of carbonyl (C=O) groups excluding carboxylic acids is 1. The van der Waals surface area contributed by atoms with Gasteiger partial charge in [0.05, 0.1) is 29.6 Å². The highest BCUT2D eigenvalue weighted by molar-refractivity contribution is 6.33. The number of anilines is 2. The number of amides is 1. The fourth-order valence-corrected chi connectivity index (χ4v) is 2.07. The van der Waals surface area contributed by atoms with Gasteiger partial charge in [0, 0.05) is 6.54 Å². The largest absolute Gasteiger partial charge is 0.396 e. The number of nitrogens with zero attached hydrogens (tertiary/aromatic N) is 1. The maximum atomic E-state index is 11.4. The monoisotopic (exact) mass is 255 g/mol. The lowest BCUT2D eigenvalue weighted by molar-refractivity contribution is -0.121. The summed E-state index contributed by atoms with van der Waals surface area (Å²) in [6, 6.07) is 4.83. The Bertz CT molecular complexity index is 439. The van der Waals surface area contributed by atoms with E-state index in [0.29, 0.717) is 23.9 Å². The molecule has 5 nitrogen and oxygen atoms in total. The Hall–Kier alpha value is -1.46. The Morgan fingerprint density at radius 2 is 2.29 bits per heavy atom. The molecule has 1 aromatic rings. The van der Waals surface area contributed by atoms with Crippen LogP contribution in [0.1, 0.15) is 0 Å². The lowest BCUT2D eigenvalue weighted by Crippen LogP contribution is -2.52. The van der Waals surface area contributed by atoms with Gasteiger partial charge in [-0.15, -0.1) is 0 Å². The van der Waals surface area contributed by atoms with Crippen molar-refractivity contribution in [2.45, 2.75) is 6.04 Å². The molecule has 4 N–H and O–H groups in total. The zero-order valence-corrected chi connectivity index (χ0v) is 9.98. The number of morpholine rings is 1. The van der Waals surface area contributed by atoms with E-state index in [9.17, 15) is 4.79 Å². The van der Waals surface area contributed by atoms with Crippen LogP contribution in [-0.2, 0) is 9.53 Å². The zero-order valence-electron chi connectivity index (χ0n) is 9.23. The van der Waals surface area contributed by atoms with Crippen molar-refractivity contribution in [3.05, 3.63) is 23.2 Å². The molecule has 2 rings (SSSR count). The van der Waals surface area contributed by atoms with E-state index in [1.807, 2.05) is 11.0 Å². The van der Waals surface area contributed by atoms with E-state index in [0.717, 1.165) is 5.69 Å². The van der Waals surface area contributed by atoms with Gasteiger partial charge < -0.3 is 21.1 Å². The molecule has 1 aliphatic rings. The zero-order chi connectivity index (χ0) is 12.4. The molecule has 1 heterocycles. The molecule has 1 unspecified atom stereocenters. The lowest BCUT2D eigenvalue weighted by Gasteiger charge is -2.36. The van der Waals surface area contributed by atoms with Crippen molar-refractivity contribution < 1.29 is 9.53 Å². The van der Waals surface area contributed by atoms with Crippen LogP contribution >= 0.6 is 11.6 Å². The van der Waals surface area contributed by atoms with Crippen LogP contribution in [0.15, 0.2) is 18.2 Å². The molecule has 0 aliphatic carbocycles. The molecule has 0 aromatic heterocycles. The molecular weight excluding hydrogens is 242 g/mol. The fourth-order valence-electron chi connectivity index (χ4n) is 1.90. The molecular formula is C11H14ClN3O2. The number of nitrogen functional groups attached to an aromatic ring is 1. The van der Waals surface area contributed by atoms with Gasteiger partial charge in [-0.05, 0) is 12.1 Å². The summed E-state index contributed by atoms with van der Waals surface area (Å²) in [4.78, 5) is 13.2. The van der Waals surface area contributed by atoms with Gasteiger partial charge in [0.2, 0.25) is 5.91 Å². The molecule has 0 saturated carbocycles. The van der Waals surface area contributed by atoms with Crippen molar-refractivity contribution in [2.24, 2.45) is 5.73 Å². The second-order valence-corrected chi connectivity index (χ2v) is 4.27. The normalized spacial score (nSPS) is 20.3. The van der Waals surface area contributed by atoms with Crippen molar-refractivity contribution in [2.75, 3.05) is 30.4 Å². The molecule has 1 atom stereocenters.